The molecule has 0 aromatic heterocycles. The van der Waals surface area contributed by atoms with Crippen LogP contribution in [0.5, 0.6) is 0 Å². The summed E-state index contributed by atoms with van der Waals surface area (Å²) in [5.74, 6) is 0.400. The van der Waals surface area contributed by atoms with E-state index in [2.05, 4.69) is 9.46 Å². The Kier molecular flexibility index (Phi) is 3.88. The van der Waals surface area contributed by atoms with Crippen LogP contribution in [-0.2, 0) is 14.9 Å². The third-order valence-corrected chi connectivity index (χ3v) is 4.74. The van der Waals surface area contributed by atoms with Crippen LogP contribution in [0.3, 0.4) is 0 Å². The second kappa shape index (κ2) is 5.22. The second-order valence-electron chi connectivity index (χ2n) is 4.54. The van der Waals surface area contributed by atoms with E-state index >= 15 is 0 Å². The van der Waals surface area contributed by atoms with Gasteiger partial charge in [-0.05, 0) is 18.8 Å². The van der Waals surface area contributed by atoms with Crippen molar-refractivity contribution in [3.63, 3.8) is 0 Å². The zero-order valence-corrected chi connectivity index (χ0v) is 10.5. The summed E-state index contributed by atoms with van der Waals surface area (Å²) in [5.41, 5.74) is 0. The molecule has 2 rings (SSSR count). The van der Waals surface area contributed by atoms with Gasteiger partial charge < -0.3 is 4.74 Å². The van der Waals surface area contributed by atoms with E-state index in [1.165, 1.54) is 6.42 Å². The van der Waals surface area contributed by atoms with Gasteiger partial charge in [-0.2, -0.15) is 17.4 Å². The van der Waals surface area contributed by atoms with E-state index in [4.69, 9.17) is 0 Å². The summed E-state index contributed by atoms with van der Waals surface area (Å²) in [4.78, 5) is 11.2. The highest BCUT2D eigenvalue weighted by Gasteiger charge is 2.33. The quantitative estimate of drug-likeness (QED) is 0.815. The van der Waals surface area contributed by atoms with E-state index in [0.29, 0.717) is 12.5 Å². The van der Waals surface area contributed by atoms with E-state index in [9.17, 15) is 13.2 Å². The number of cyclic esters (lactones) is 1. The predicted octanol–water partition coefficient (Wildman–Crippen LogP) is 0.853. The second-order valence-corrected chi connectivity index (χ2v) is 6.22. The number of nitrogens with zero attached hydrogens (tertiary/aromatic N) is 1. The first-order valence-electron chi connectivity index (χ1n) is 6.04. The van der Waals surface area contributed by atoms with Gasteiger partial charge in [-0.3, -0.25) is 0 Å². The van der Waals surface area contributed by atoms with Crippen molar-refractivity contribution < 1.29 is 17.9 Å². The molecule has 0 aromatic rings. The Hall–Kier alpha value is -0.820. The molecule has 98 valence electrons. The van der Waals surface area contributed by atoms with Crippen molar-refractivity contribution in [1.29, 1.82) is 0 Å². The molecule has 1 saturated heterocycles. The molecule has 7 heteroatoms. The maximum absolute atomic E-state index is 11.8. The summed E-state index contributed by atoms with van der Waals surface area (Å²) in [7, 11) is -3.70. The van der Waals surface area contributed by atoms with Crippen LogP contribution < -0.4 is 4.72 Å². The van der Waals surface area contributed by atoms with Gasteiger partial charge in [0.25, 0.3) is 0 Å². The summed E-state index contributed by atoms with van der Waals surface area (Å²) >= 11 is 0. The first-order valence-corrected chi connectivity index (χ1v) is 7.48. The maximum Gasteiger partial charge on any atom is 0.424 e. The van der Waals surface area contributed by atoms with Gasteiger partial charge in [0.05, 0.1) is 6.54 Å². The molecular weight excluding hydrogens is 244 g/mol. The number of amides is 1. The monoisotopic (exact) mass is 262 g/mol. The standard InChI is InChI=1S/C10H18N2O4S/c13-10-12(6-7-16-10)17(14,15)11-8-9-4-2-1-3-5-9/h9,11H,1-8H2. The van der Waals surface area contributed by atoms with Crippen molar-refractivity contribution in [3.05, 3.63) is 0 Å². The average molecular weight is 262 g/mol. The number of hydrogen-bond acceptors (Lipinski definition) is 4. The fourth-order valence-electron chi connectivity index (χ4n) is 2.29. The lowest BCUT2D eigenvalue weighted by atomic mass is 9.90. The molecular formula is C10H18N2O4S. The molecule has 0 bridgehead atoms. The number of carbonyl (C=O) groups excluding carboxylic acids is 1. The van der Waals surface area contributed by atoms with Crippen molar-refractivity contribution in [1.82, 2.24) is 9.03 Å². The largest absolute Gasteiger partial charge is 0.447 e. The molecule has 1 heterocycles. The normalized spacial score (nSPS) is 22.8. The van der Waals surface area contributed by atoms with Crippen molar-refractivity contribution in [3.8, 4) is 0 Å². The van der Waals surface area contributed by atoms with Gasteiger partial charge in [0.15, 0.2) is 0 Å². The van der Waals surface area contributed by atoms with Crippen LogP contribution in [0.4, 0.5) is 4.79 Å². The summed E-state index contributed by atoms with van der Waals surface area (Å²) in [6.07, 6.45) is 4.92. The molecule has 0 aromatic carbocycles. The summed E-state index contributed by atoms with van der Waals surface area (Å²) < 4.78 is 31.5. The summed E-state index contributed by atoms with van der Waals surface area (Å²) in [5, 5.41) is 0. The zero-order valence-electron chi connectivity index (χ0n) is 9.72. The summed E-state index contributed by atoms with van der Waals surface area (Å²) in [6, 6.07) is 0. The molecule has 1 amide bonds. The molecule has 17 heavy (non-hydrogen) atoms. The van der Waals surface area contributed by atoms with Crippen molar-refractivity contribution in [2.24, 2.45) is 5.92 Å². The minimum Gasteiger partial charge on any atom is -0.447 e. The van der Waals surface area contributed by atoms with E-state index < -0.39 is 16.3 Å². The Morgan fingerprint density at radius 3 is 2.59 bits per heavy atom. The lowest BCUT2D eigenvalue weighted by Crippen LogP contribution is -2.43. The SMILES string of the molecule is O=C1OCCN1S(=O)(=O)NCC1CCCCC1. The molecule has 0 atom stereocenters. The third-order valence-electron chi connectivity index (χ3n) is 3.29. The van der Waals surface area contributed by atoms with Gasteiger partial charge in [-0.1, -0.05) is 19.3 Å². The van der Waals surface area contributed by atoms with Gasteiger partial charge in [0.2, 0.25) is 0 Å². The van der Waals surface area contributed by atoms with Crippen LogP contribution in [0.25, 0.3) is 0 Å². The minimum atomic E-state index is -3.70. The Morgan fingerprint density at radius 1 is 1.29 bits per heavy atom. The smallest absolute Gasteiger partial charge is 0.424 e. The van der Waals surface area contributed by atoms with Crippen LogP contribution in [-0.4, -0.2) is 38.5 Å². The maximum atomic E-state index is 11.8. The molecule has 0 unspecified atom stereocenters. The fraction of sp³-hybridized carbons (Fsp3) is 0.900. The first-order chi connectivity index (χ1) is 8.09. The predicted molar refractivity (Wildman–Crippen MR) is 61.6 cm³/mol. The Balaban J connectivity index is 1.86. The molecule has 0 radical (unpaired) electrons. The van der Waals surface area contributed by atoms with Gasteiger partial charge in [-0.25, -0.2) is 4.79 Å². The minimum absolute atomic E-state index is 0.110. The van der Waals surface area contributed by atoms with Crippen molar-refractivity contribution >= 4 is 16.3 Å². The van der Waals surface area contributed by atoms with E-state index in [-0.39, 0.29) is 13.2 Å². The fourth-order valence-corrected chi connectivity index (χ4v) is 3.46. The summed E-state index contributed by atoms with van der Waals surface area (Å²) in [6.45, 7) is 0.675. The topological polar surface area (TPSA) is 75.7 Å². The van der Waals surface area contributed by atoms with Crippen LogP contribution >= 0.6 is 0 Å². The van der Waals surface area contributed by atoms with Crippen LogP contribution in [0, 0.1) is 5.92 Å². The van der Waals surface area contributed by atoms with Crippen LogP contribution in [0.1, 0.15) is 32.1 Å². The number of carbonyl (C=O) groups is 1. The van der Waals surface area contributed by atoms with Crippen molar-refractivity contribution in [2.75, 3.05) is 19.7 Å². The first kappa shape index (κ1) is 12.6. The highest BCUT2D eigenvalue weighted by atomic mass is 32.2. The number of rotatable bonds is 4. The lowest BCUT2D eigenvalue weighted by molar-refractivity contribution is 0.169. The molecule has 6 nitrogen and oxygen atoms in total. The molecule has 2 fully saturated rings. The third kappa shape index (κ3) is 3.10. The molecule has 1 aliphatic heterocycles. The Morgan fingerprint density at radius 2 is 2.00 bits per heavy atom. The van der Waals surface area contributed by atoms with E-state index in [1.54, 1.807) is 0 Å². The number of ether oxygens (including phenoxy) is 1. The van der Waals surface area contributed by atoms with Gasteiger partial charge in [0, 0.05) is 6.54 Å². The highest BCUT2D eigenvalue weighted by Crippen LogP contribution is 2.23. The Bertz CT molecular complexity index is 376. The zero-order chi connectivity index (χ0) is 12.3. The van der Waals surface area contributed by atoms with Gasteiger partial charge in [-0.15, -0.1) is 0 Å². The average Bonchev–Trinajstić information content (AvgIpc) is 2.75. The highest BCUT2D eigenvalue weighted by molar-refractivity contribution is 7.87. The molecule has 0 spiro atoms. The Labute approximate surface area is 101 Å². The van der Waals surface area contributed by atoms with E-state index in [1.807, 2.05) is 0 Å². The number of nitrogens with one attached hydrogen (secondary N) is 1. The number of hydrogen-bond donors (Lipinski definition) is 1. The molecule has 1 N–H and O–H groups in total. The molecule has 1 aliphatic carbocycles. The van der Waals surface area contributed by atoms with Gasteiger partial charge >= 0.3 is 16.3 Å². The van der Waals surface area contributed by atoms with Crippen LogP contribution in [0.2, 0.25) is 0 Å². The van der Waals surface area contributed by atoms with E-state index in [0.717, 1.165) is 30.0 Å². The molecule has 1 saturated carbocycles. The lowest BCUT2D eigenvalue weighted by Gasteiger charge is -2.22. The van der Waals surface area contributed by atoms with Crippen LogP contribution in [0.15, 0.2) is 0 Å². The van der Waals surface area contributed by atoms with Gasteiger partial charge in [0.1, 0.15) is 6.61 Å². The molecule has 2 aliphatic rings. The van der Waals surface area contributed by atoms with Crippen molar-refractivity contribution in [2.45, 2.75) is 32.1 Å².